The minimum absolute atomic E-state index is 0.0192. The highest BCUT2D eigenvalue weighted by atomic mass is 16.3. The SMILES string of the molecule is CC(C)c1cccc(NC2=CC(=O)N(CCO)C2=O)c1. The number of anilines is 1. The van der Waals surface area contributed by atoms with Crippen molar-refractivity contribution in [2.24, 2.45) is 0 Å². The number of aliphatic hydroxyl groups excluding tert-OH is 1. The normalized spacial score (nSPS) is 15.0. The molecule has 0 saturated heterocycles. The van der Waals surface area contributed by atoms with E-state index in [4.69, 9.17) is 5.11 Å². The molecule has 2 amide bonds. The zero-order valence-corrected chi connectivity index (χ0v) is 11.6. The van der Waals surface area contributed by atoms with Crippen LogP contribution in [0.4, 0.5) is 5.69 Å². The Balaban J connectivity index is 2.15. The molecular formula is C15H18N2O3. The van der Waals surface area contributed by atoms with Gasteiger partial charge in [0.15, 0.2) is 0 Å². The number of benzene rings is 1. The topological polar surface area (TPSA) is 69.6 Å². The highest BCUT2D eigenvalue weighted by molar-refractivity contribution is 6.17. The van der Waals surface area contributed by atoms with Gasteiger partial charge in [-0.05, 0) is 23.6 Å². The standard InChI is InChI=1S/C15H18N2O3/c1-10(2)11-4-3-5-12(8-11)16-13-9-14(19)17(6-7-18)15(13)20/h3-5,8-10,16,18H,6-7H2,1-2H3. The number of carbonyl (C=O) groups is 2. The lowest BCUT2D eigenvalue weighted by molar-refractivity contribution is -0.137. The first-order valence-corrected chi connectivity index (χ1v) is 6.58. The molecule has 1 aliphatic rings. The van der Waals surface area contributed by atoms with Gasteiger partial charge < -0.3 is 10.4 Å². The summed E-state index contributed by atoms with van der Waals surface area (Å²) in [4.78, 5) is 24.6. The van der Waals surface area contributed by atoms with Gasteiger partial charge in [0.2, 0.25) is 0 Å². The van der Waals surface area contributed by atoms with Crippen molar-refractivity contribution in [1.29, 1.82) is 0 Å². The number of nitrogens with one attached hydrogen (secondary N) is 1. The molecule has 0 aliphatic carbocycles. The first-order chi connectivity index (χ1) is 9.52. The van der Waals surface area contributed by atoms with Crippen molar-refractivity contribution in [2.75, 3.05) is 18.5 Å². The third kappa shape index (κ3) is 2.88. The molecule has 0 fully saturated rings. The Morgan fingerprint density at radius 1 is 1.30 bits per heavy atom. The van der Waals surface area contributed by atoms with E-state index >= 15 is 0 Å². The van der Waals surface area contributed by atoms with Gasteiger partial charge in [0.1, 0.15) is 5.70 Å². The summed E-state index contributed by atoms with van der Waals surface area (Å²) < 4.78 is 0. The summed E-state index contributed by atoms with van der Waals surface area (Å²) in [6.07, 6.45) is 1.26. The van der Waals surface area contributed by atoms with Crippen LogP contribution in [0.2, 0.25) is 0 Å². The number of imide groups is 1. The van der Waals surface area contributed by atoms with Crippen LogP contribution in [0.3, 0.4) is 0 Å². The molecule has 0 radical (unpaired) electrons. The minimum Gasteiger partial charge on any atom is -0.395 e. The smallest absolute Gasteiger partial charge is 0.277 e. The van der Waals surface area contributed by atoms with Crippen molar-refractivity contribution in [3.8, 4) is 0 Å². The maximum Gasteiger partial charge on any atom is 0.277 e. The number of rotatable bonds is 5. The minimum atomic E-state index is -0.404. The molecule has 2 N–H and O–H groups in total. The highest BCUT2D eigenvalue weighted by Crippen LogP contribution is 2.21. The number of carbonyl (C=O) groups excluding carboxylic acids is 2. The molecule has 20 heavy (non-hydrogen) atoms. The van der Waals surface area contributed by atoms with E-state index in [9.17, 15) is 9.59 Å². The highest BCUT2D eigenvalue weighted by Gasteiger charge is 2.30. The second-order valence-corrected chi connectivity index (χ2v) is 4.98. The zero-order valence-electron chi connectivity index (χ0n) is 11.6. The first kappa shape index (κ1) is 14.3. The zero-order chi connectivity index (χ0) is 14.7. The molecule has 1 aromatic carbocycles. The summed E-state index contributed by atoms with van der Waals surface area (Å²) in [6.45, 7) is 3.96. The van der Waals surface area contributed by atoms with Crippen LogP contribution >= 0.6 is 0 Å². The molecule has 1 aromatic rings. The lowest BCUT2D eigenvalue weighted by Crippen LogP contribution is -2.34. The predicted molar refractivity (Wildman–Crippen MR) is 76.0 cm³/mol. The summed E-state index contributed by atoms with van der Waals surface area (Å²) in [7, 11) is 0. The van der Waals surface area contributed by atoms with Crippen molar-refractivity contribution in [2.45, 2.75) is 19.8 Å². The van der Waals surface area contributed by atoms with Gasteiger partial charge in [0.05, 0.1) is 13.2 Å². The van der Waals surface area contributed by atoms with Crippen molar-refractivity contribution in [3.05, 3.63) is 41.6 Å². The van der Waals surface area contributed by atoms with Crippen LogP contribution in [-0.4, -0.2) is 35.0 Å². The molecule has 1 aliphatic heterocycles. The van der Waals surface area contributed by atoms with Crippen molar-refractivity contribution < 1.29 is 14.7 Å². The molecule has 2 rings (SSSR count). The Morgan fingerprint density at radius 3 is 2.70 bits per heavy atom. The molecule has 0 aromatic heterocycles. The molecule has 5 heteroatoms. The lowest BCUT2D eigenvalue weighted by Gasteiger charge is -2.14. The van der Waals surface area contributed by atoms with E-state index in [0.717, 1.165) is 16.2 Å². The van der Waals surface area contributed by atoms with E-state index in [2.05, 4.69) is 19.2 Å². The van der Waals surface area contributed by atoms with Crippen LogP contribution in [-0.2, 0) is 9.59 Å². The van der Waals surface area contributed by atoms with Crippen LogP contribution in [0.5, 0.6) is 0 Å². The quantitative estimate of drug-likeness (QED) is 0.798. The van der Waals surface area contributed by atoms with Gasteiger partial charge in [0.25, 0.3) is 11.8 Å². The number of hydrogen-bond donors (Lipinski definition) is 2. The Morgan fingerprint density at radius 2 is 2.05 bits per heavy atom. The average molecular weight is 274 g/mol. The summed E-state index contributed by atoms with van der Waals surface area (Å²) in [5.41, 5.74) is 2.17. The third-order valence-electron chi connectivity index (χ3n) is 3.17. The van der Waals surface area contributed by atoms with Crippen molar-refractivity contribution in [3.63, 3.8) is 0 Å². The van der Waals surface area contributed by atoms with Crippen LogP contribution in [0.1, 0.15) is 25.3 Å². The third-order valence-corrected chi connectivity index (χ3v) is 3.17. The molecule has 0 spiro atoms. The molecule has 5 nitrogen and oxygen atoms in total. The van der Waals surface area contributed by atoms with E-state index in [1.807, 2.05) is 24.3 Å². The fourth-order valence-corrected chi connectivity index (χ4v) is 2.04. The maximum atomic E-state index is 12.0. The summed E-state index contributed by atoms with van der Waals surface area (Å²) in [5, 5.41) is 11.8. The Hall–Kier alpha value is -2.14. The van der Waals surface area contributed by atoms with Gasteiger partial charge in [-0.3, -0.25) is 14.5 Å². The molecule has 0 saturated carbocycles. The Kier molecular flexibility index (Phi) is 4.20. The van der Waals surface area contributed by atoms with Gasteiger partial charge in [-0.15, -0.1) is 0 Å². The number of hydrogen-bond acceptors (Lipinski definition) is 4. The molecule has 0 unspecified atom stereocenters. The van der Waals surface area contributed by atoms with E-state index in [1.165, 1.54) is 6.08 Å². The number of aliphatic hydroxyl groups is 1. The predicted octanol–water partition coefficient (Wildman–Crippen LogP) is 1.47. The van der Waals surface area contributed by atoms with Crippen molar-refractivity contribution >= 4 is 17.5 Å². The van der Waals surface area contributed by atoms with E-state index in [1.54, 1.807) is 0 Å². The van der Waals surface area contributed by atoms with Crippen LogP contribution in [0.25, 0.3) is 0 Å². The lowest BCUT2D eigenvalue weighted by atomic mass is 10.0. The molecular weight excluding hydrogens is 256 g/mol. The van der Waals surface area contributed by atoms with Gasteiger partial charge in [-0.25, -0.2) is 0 Å². The molecule has 0 bridgehead atoms. The molecule has 106 valence electrons. The van der Waals surface area contributed by atoms with E-state index in [0.29, 0.717) is 5.92 Å². The largest absolute Gasteiger partial charge is 0.395 e. The number of amides is 2. The number of nitrogens with zero attached hydrogens (tertiary/aromatic N) is 1. The van der Waals surface area contributed by atoms with Gasteiger partial charge in [-0.2, -0.15) is 0 Å². The van der Waals surface area contributed by atoms with Crippen molar-refractivity contribution in [1.82, 2.24) is 4.90 Å². The fourth-order valence-electron chi connectivity index (χ4n) is 2.04. The molecule has 0 atom stereocenters. The second-order valence-electron chi connectivity index (χ2n) is 4.98. The summed E-state index contributed by atoms with van der Waals surface area (Å²) in [5.74, 6) is -0.414. The average Bonchev–Trinajstić information content (AvgIpc) is 2.67. The van der Waals surface area contributed by atoms with Crippen LogP contribution in [0, 0.1) is 0 Å². The Labute approximate surface area is 117 Å². The van der Waals surface area contributed by atoms with Gasteiger partial charge in [0, 0.05) is 11.8 Å². The van der Waals surface area contributed by atoms with Crippen LogP contribution < -0.4 is 5.32 Å². The van der Waals surface area contributed by atoms with E-state index < -0.39 is 11.8 Å². The fraction of sp³-hybridized carbons (Fsp3) is 0.333. The summed E-state index contributed by atoms with van der Waals surface area (Å²) >= 11 is 0. The van der Waals surface area contributed by atoms with Gasteiger partial charge in [-0.1, -0.05) is 26.0 Å². The Bertz CT molecular complexity index is 564. The second kappa shape index (κ2) is 5.88. The summed E-state index contributed by atoms with van der Waals surface area (Å²) in [6, 6.07) is 7.73. The maximum absolute atomic E-state index is 12.0. The number of β-amino-alcohol motifs (C(OH)–C–C–N with tert-alkyl or cyclic N) is 1. The first-order valence-electron chi connectivity index (χ1n) is 6.58. The van der Waals surface area contributed by atoms with Gasteiger partial charge >= 0.3 is 0 Å². The van der Waals surface area contributed by atoms with Crippen LogP contribution in [0.15, 0.2) is 36.0 Å². The molecule has 1 heterocycles. The van der Waals surface area contributed by atoms with E-state index in [-0.39, 0.29) is 18.8 Å². The monoisotopic (exact) mass is 274 g/mol.